The number of carbonyl (C=O) groups is 3. The van der Waals surface area contributed by atoms with E-state index >= 15 is 0 Å². The molecule has 2 rings (SSSR count). The number of aromatic nitrogens is 2. The molecule has 27 heavy (non-hydrogen) atoms. The third-order valence-electron chi connectivity index (χ3n) is 3.59. The molecule has 1 aromatic heterocycles. The van der Waals surface area contributed by atoms with E-state index in [4.69, 9.17) is 16.3 Å². The number of hydrogen-bond acceptors (Lipinski definition) is 5. The van der Waals surface area contributed by atoms with E-state index in [1.54, 1.807) is 29.1 Å². The molecule has 0 aliphatic heterocycles. The van der Waals surface area contributed by atoms with E-state index in [-0.39, 0.29) is 12.6 Å². The molecule has 0 saturated carbocycles. The van der Waals surface area contributed by atoms with Crippen LogP contribution in [0.5, 0.6) is 0 Å². The summed E-state index contributed by atoms with van der Waals surface area (Å²) in [6, 6.07) is 7.94. The number of esters is 1. The van der Waals surface area contributed by atoms with Gasteiger partial charge in [-0.25, -0.2) is 4.68 Å². The second kappa shape index (κ2) is 9.18. The van der Waals surface area contributed by atoms with Crippen LogP contribution < -0.4 is 10.6 Å². The maximum absolute atomic E-state index is 12.2. The lowest BCUT2D eigenvalue weighted by atomic mass is 10.2. The van der Waals surface area contributed by atoms with Gasteiger partial charge in [-0.05, 0) is 45.0 Å². The summed E-state index contributed by atoms with van der Waals surface area (Å²) >= 11 is 5.76. The number of nitrogens with one attached hydrogen (secondary N) is 2. The van der Waals surface area contributed by atoms with Crippen molar-refractivity contribution in [3.8, 4) is 0 Å². The fraction of sp³-hybridized carbons (Fsp3) is 0.333. The van der Waals surface area contributed by atoms with Crippen molar-refractivity contribution in [2.45, 2.75) is 32.9 Å². The van der Waals surface area contributed by atoms with Crippen molar-refractivity contribution in [3.63, 3.8) is 0 Å². The van der Waals surface area contributed by atoms with Gasteiger partial charge >= 0.3 is 5.97 Å². The minimum Gasteiger partial charge on any atom is -0.451 e. The molecule has 8 nitrogen and oxygen atoms in total. The first kappa shape index (κ1) is 20.4. The van der Waals surface area contributed by atoms with Gasteiger partial charge in [0.05, 0.1) is 6.20 Å². The first-order chi connectivity index (χ1) is 12.8. The van der Waals surface area contributed by atoms with Crippen molar-refractivity contribution in [1.29, 1.82) is 0 Å². The third kappa shape index (κ3) is 5.82. The van der Waals surface area contributed by atoms with E-state index in [0.717, 1.165) is 0 Å². The van der Waals surface area contributed by atoms with Crippen LogP contribution in [0.25, 0.3) is 0 Å². The van der Waals surface area contributed by atoms with Gasteiger partial charge < -0.3 is 15.4 Å². The summed E-state index contributed by atoms with van der Waals surface area (Å²) < 4.78 is 6.69. The topological polar surface area (TPSA) is 102 Å². The highest BCUT2D eigenvalue weighted by atomic mass is 35.5. The Balaban J connectivity index is 1.82. The molecule has 0 aliphatic rings. The summed E-state index contributed by atoms with van der Waals surface area (Å²) in [5, 5.41) is 9.70. The monoisotopic (exact) mass is 392 g/mol. The molecule has 2 N–H and O–H groups in total. The van der Waals surface area contributed by atoms with Crippen LogP contribution in [0.4, 0.5) is 5.82 Å². The predicted molar refractivity (Wildman–Crippen MR) is 101 cm³/mol. The van der Waals surface area contributed by atoms with E-state index in [9.17, 15) is 14.4 Å². The number of amides is 2. The van der Waals surface area contributed by atoms with Crippen molar-refractivity contribution < 1.29 is 19.1 Å². The molecular formula is C18H21ClN4O4. The van der Waals surface area contributed by atoms with E-state index in [2.05, 4.69) is 15.7 Å². The molecule has 0 bridgehead atoms. The molecule has 2 aromatic rings. The zero-order valence-corrected chi connectivity index (χ0v) is 16.0. The molecule has 0 unspecified atom stereocenters. The second-order valence-corrected chi connectivity index (χ2v) is 6.50. The fourth-order valence-corrected chi connectivity index (χ4v) is 2.33. The summed E-state index contributed by atoms with van der Waals surface area (Å²) in [5.41, 5.74) is 0.361. The first-order valence-electron chi connectivity index (χ1n) is 8.35. The van der Waals surface area contributed by atoms with Crippen molar-refractivity contribution >= 4 is 35.2 Å². The van der Waals surface area contributed by atoms with Crippen LogP contribution in [0.15, 0.2) is 36.5 Å². The SMILES string of the molecule is CC(C)n1nccc1NC(=O)[C@@H](C)OC(=O)CNC(=O)c1ccc(Cl)cc1. The van der Waals surface area contributed by atoms with Crippen LogP contribution >= 0.6 is 11.6 Å². The molecule has 1 aromatic carbocycles. The Morgan fingerprint density at radius 3 is 2.44 bits per heavy atom. The summed E-state index contributed by atoms with van der Waals surface area (Å²) in [6.07, 6.45) is 0.541. The number of nitrogens with zero attached hydrogens (tertiary/aromatic N) is 2. The zero-order valence-electron chi connectivity index (χ0n) is 15.2. The third-order valence-corrected chi connectivity index (χ3v) is 3.84. The summed E-state index contributed by atoms with van der Waals surface area (Å²) in [6.45, 7) is 4.94. The molecule has 0 radical (unpaired) electrons. The van der Waals surface area contributed by atoms with Gasteiger partial charge in [0, 0.05) is 22.7 Å². The summed E-state index contributed by atoms with van der Waals surface area (Å²) in [5.74, 6) is -1.15. The molecule has 1 atom stereocenters. The highest BCUT2D eigenvalue weighted by Crippen LogP contribution is 2.13. The Kier molecular flexibility index (Phi) is 6.95. The van der Waals surface area contributed by atoms with Crippen molar-refractivity contribution in [2.75, 3.05) is 11.9 Å². The molecular weight excluding hydrogens is 372 g/mol. The zero-order chi connectivity index (χ0) is 20.0. The van der Waals surface area contributed by atoms with Crippen LogP contribution in [0, 0.1) is 0 Å². The van der Waals surface area contributed by atoms with Gasteiger partial charge in [0.25, 0.3) is 11.8 Å². The number of anilines is 1. The summed E-state index contributed by atoms with van der Waals surface area (Å²) in [4.78, 5) is 36.0. The van der Waals surface area contributed by atoms with Gasteiger partial charge in [-0.3, -0.25) is 14.4 Å². The number of benzene rings is 1. The Hall–Kier alpha value is -2.87. The van der Waals surface area contributed by atoms with Crippen LogP contribution in [0.2, 0.25) is 5.02 Å². The van der Waals surface area contributed by atoms with Gasteiger partial charge in [-0.2, -0.15) is 5.10 Å². The van der Waals surface area contributed by atoms with Crippen molar-refractivity contribution in [1.82, 2.24) is 15.1 Å². The molecule has 1 heterocycles. The smallest absolute Gasteiger partial charge is 0.326 e. The standard InChI is InChI=1S/C18H21ClN4O4/c1-11(2)23-15(8-9-21-23)22-17(25)12(3)27-16(24)10-20-18(26)13-4-6-14(19)7-5-13/h4-9,11-12H,10H2,1-3H3,(H,20,26)(H,22,25)/t12-/m1/s1. The van der Waals surface area contributed by atoms with Crippen LogP contribution in [0.3, 0.4) is 0 Å². The molecule has 0 fully saturated rings. The fourth-order valence-electron chi connectivity index (χ4n) is 2.20. The molecule has 2 amide bonds. The van der Waals surface area contributed by atoms with E-state index in [1.165, 1.54) is 19.1 Å². The Morgan fingerprint density at radius 2 is 1.81 bits per heavy atom. The summed E-state index contributed by atoms with van der Waals surface area (Å²) in [7, 11) is 0. The lowest BCUT2D eigenvalue weighted by Gasteiger charge is -2.16. The minimum absolute atomic E-state index is 0.0660. The highest BCUT2D eigenvalue weighted by Gasteiger charge is 2.20. The molecule has 0 spiro atoms. The lowest BCUT2D eigenvalue weighted by Crippen LogP contribution is -2.36. The maximum atomic E-state index is 12.2. The number of ether oxygens (including phenoxy) is 1. The second-order valence-electron chi connectivity index (χ2n) is 6.07. The van der Waals surface area contributed by atoms with E-state index in [0.29, 0.717) is 16.4 Å². The first-order valence-corrected chi connectivity index (χ1v) is 8.73. The predicted octanol–water partition coefficient (Wildman–Crippen LogP) is 2.42. The molecule has 0 saturated heterocycles. The van der Waals surface area contributed by atoms with E-state index < -0.39 is 23.9 Å². The highest BCUT2D eigenvalue weighted by molar-refractivity contribution is 6.30. The number of carbonyl (C=O) groups excluding carboxylic acids is 3. The average molecular weight is 393 g/mol. The Bertz CT molecular complexity index is 817. The number of hydrogen-bond donors (Lipinski definition) is 2. The maximum Gasteiger partial charge on any atom is 0.326 e. The normalized spacial score (nSPS) is 11.7. The van der Waals surface area contributed by atoms with Crippen LogP contribution in [-0.2, 0) is 14.3 Å². The Morgan fingerprint density at radius 1 is 1.15 bits per heavy atom. The number of rotatable bonds is 7. The van der Waals surface area contributed by atoms with Crippen LogP contribution in [-0.4, -0.2) is 40.2 Å². The number of halogens is 1. The molecule has 0 aliphatic carbocycles. The average Bonchev–Trinajstić information content (AvgIpc) is 3.08. The van der Waals surface area contributed by atoms with Gasteiger partial charge in [0.15, 0.2) is 6.10 Å². The van der Waals surface area contributed by atoms with Crippen molar-refractivity contribution in [3.05, 3.63) is 47.1 Å². The largest absolute Gasteiger partial charge is 0.451 e. The lowest BCUT2D eigenvalue weighted by molar-refractivity contribution is -0.152. The van der Waals surface area contributed by atoms with Gasteiger partial charge in [-0.1, -0.05) is 11.6 Å². The quantitative estimate of drug-likeness (QED) is 0.704. The van der Waals surface area contributed by atoms with Gasteiger partial charge in [0.1, 0.15) is 12.4 Å². The van der Waals surface area contributed by atoms with Crippen LogP contribution in [0.1, 0.15) is 37.2 Å². The van der Waals surface area contributed by atoms with Gasteiger partial charge in [0.2, 0.25) is 0 Å². The Labute approximate surface area is 161 Å². The molecule has 144 valence electrons. The van der Waals surface area contributed by atoms with E-state index in [1.807, 2.05) is 13.8 Å². The minimum atomic E-state index is -1.03. The van der Waals surface area contributed by atoms with Gasteiger partial charge in [-0.15, -0.1) is 0 Å². The van der Waals surface area contributed by atoms with Crippen molar-refractivity contribution in [2.24, 2.45) is 0 Å². The molecule has 9 heteroatoms.